The molecule has 1 aromatic heterocycles. The van der Waals surface area contributed by atoms with E-state index in [0.717, 1.165) is 5.56 Å². The molecule has 0 saturated carbocycles. The second-order valence-electron chi connectivity index (χ2n) is 5.83. The topological polar surface area (TPSA) is 75.7 Å². The lowest BCUT2D eigenvalue weighted by Gasteiger charge is -2.22. The standard InChI is InChI=1S/C17H20N2O4S2/c1-23-12-13-6-8-14(9-7-13)18-17(20)15-4-2-10-19(15)25(21,22)16-5-3-11-24-16/h3,5-9,11,15H,2,4,10,12H2,1H3,(H,18,20)/t15-/m1/s1. The fraction of sp³-hybridized carbons (Fsp3) is 0.353. The van der Waals surface area contributed by atoms with Crippen LogP contribution in [0.3, 0.4) is 0 Å². The molecule has 6 nitrogen and oxygen atoms in total. The van der Waals surface area contributed by atoms with Gasteiger partial charge < -0.3 is 10.1 Å². The first kappa shape index (κ1) is 18.1. The number of benzene rings is 1. The highest BCUT2D eigenvalue weighted by Crippen LogP contribution is 2.29. The molecule has 0 bridgehead atoms. The molecule has 1 aliphatic rings. The summed E-state index contributed by atoms with van der Waals surface area (Å²) in [6.45, 7) is 0.870. The molecule has 0 spiro atoms. The number of carbonyl (C=O) groups excluding carboxylic acids is 1. The maximum Gasteiger partial charge on any atom is 0.253 e. The van der Waals surface area contributed by atoms with Gasteiger partial charge in [-0.2, -0.15) is 4.31 Å². The molecule has 25 heavy (non-hydrogen) atoms. The summed E-state index contributed by atoms with van der Waals surface area (Å²) in [6.07, 6.45) is 1.20. The van der Waals surface area contributed by atoms with Crippen molar-refractivity contribution in [1.82, 2.24) is 4.31 Å². The number of thiophene rings is 1. The molecule has 0 radical (unpaired) electrons. The molecule has 3 rings (SSSR count). The van der Waals surface area contributed by atoms with Crippen molar-refractivity contribution >= 4 is 33.0 Å². The maximum atomic E-state index is 12.7. The Morgan fingerprint density at radius 3 is 2.72 bits per heavy atom. The Labute approximate surface area is 151 Å². The summed E-state index contributed by atoms with van der Waals surface area (Å²) in [6, 6.07) is 9.91. The Balaban J connectivity index is 1.73. The van der Waals surface area contributed by atoms with Crippen molar-refractivity contribution in [3.63, 3.8) is 0 Å². The summed E-state index contributed by atoms with van der Waals surface area (Å²) in [5.74, 6) is -0.294. The van der Waals surface area contributed by atoms with Crippen molar-refractivity contribution in [2.45, 2.75) is 29.7 Å². The molecule has 1 fully saturated rings. The molecule has 1 amide bonds. The molecule has 0 aliphatic carbocycles. The Hall–Kier alpha value is -1.74. The van der Waals surface area contributed by atoms with Gasteiger partial charge in [-0.1, -0.05) is 18.2 Å². The zero-order chi connectivity index (χ0) is 17.9. The summed E-state index contributed by atoms with van der Waals surface area (Å²) in [4.78, 5) is 12.6. The molecule has 8 heteroatoms. The van der Waals surface area contributed by atoms with Crippen molar-refractivity contribution in [3.05, 3.63) is 47.3 Å². The van der Waals surface area contributed by atoms with Gasteiger partial charge in [0.25, 0.3) is 10.0 Å². The van der Waals surface area contributed by atoms with Crippen LogP contribution in [0.25, 0.3) is 0 Å². The molecular weight excluding hydrogens is 360 g/mol. The number of carbonyl (C=O) groups is 1. The van der Waals surface area contributed by atoms with Crippen LogP contribution in [0.5, 0.6) is 0 Å². The first-order chi connectivity index (χ1) is 12.0. The third kappa shape index (κ3) is 3.92. The van der Waals surface area contributed by atoms with Crippen molar-refractivity contribution in [3.8, 4) is 0 Å². The minimum Gasteiger partial charge on any atom is -0.380 e. The number of methoxy groups -OCH3 is 1. The zero-order valence-corrected chi connectivity index (χ0v) is 15.5. The second kappa shape index (κ2) is 7.65. The fourth-order valence-electron chi connectivity index (χ4n) is 2.89. The first-order valence-electron chi connectivity index (χ1n) is 7.96. The van der Waals surface area contributed by atoms with Crippen molar-refractivity contribution in [2.24, 2.45) is 0 Å². The van der Waals surface area contributed by atoms with E-state index < -0.39 is 16.1 Å². The number of anilines is 1. The molecule has 1 atom stereocenters. The number of sulfonamides is 1. The average Bonchev–Trinajstić information content (AvgIpc) is 3.29. The van der Waals surface area contributed by atoms with Gasteiger partial charge in [-0.3, -0.25) is 4.79 Å². The molecule has 134 valence electrons. The number of hydrogen-bond acceptors (Lipinski definition) is 5. The van der Waals surface area contributed by atoms with E-state index in [1.807, 2.05) is 12.1 Å². The largest absolute Gasteiger partial charge is 0.380 e. The zero-order valence-electron chi connectivity index (χ0n) is 13.8. The van der Waals surface area contributed by atoms with Gasteiger partial charge in [0.1, 0.15) is 10.3 Å². The minimum absolute atomic E-state index is 0.274. The highest BCUT2D eigenvalue weighted by molar-refractivity contribution is 7.91. The number of rotatable bonds is 6. The van der Waals surface area contributed by atoms with Crippen LogP contribution >= 0.6 is 11.3 Å². The SMILES string of the molecule is COCc1ccc(NC(=O)[C@H]2CCCN2S(=O)(=O)c2cccs2)cc1. The fourth-order valence-corrected chi connectivity index (χ4v) is 5.67. The average molecular weight is 380 g/mol. The van der Waals surface area contributed by atoms with Gasteiger partial charge in [-0.25, -0.2) is 8.42 Å². The van der Waals surface area contributed by atoms with Crippen LogP contribution in [-0.2, 0) is 26.2 Å². The second-order valence-corrected chi connectivity index (χ2v) is 8.89. The van der Waals surface area contributed by atoms with Crippen LogP contribution in [-0.4, -0.2) is 38.3 Å². The highest BCUT2D eigenvalue weighted by Gasteiger charge is 2.39. The summed E-state index contributed by atoms with van der Waals surface area (Å²) < 4.78 is 32.1. The number of nitrogens with zero attached hydrogens (tertiary/aromatic N) is 1. The van der Waals surface area contributed by atoms with Crippen LogP contribution in [0.15, 0.2) is 46.0 Å². The van der Waals surface area contributed by atoms with E-state index in [1.54, 1.807) is 36.8 Å². The van der Waals surface area contributed by atoms with Gasteiger partial charge in [-0.15, -0.1) is 11.3 Å². The third-order valence-electron chi connectivity index (χ3n) is 4.10. The molecular formula is C17H20N2O4S2. The number of ether oxygens (including phenoxy) is 1. The van der Waals surface area contributed by atoms with E-state index in [1.165, 1.54) is 15.6 Å². The lowest BCUT2D eigenvalue weighted by Crippen LogP contribution is -2.42. The summed E-state index contributed by atoms with van der Waals surface area (Å²) in [7, 11) is -2.00. The van der Waals surface area contributed by atoms with Crippen molar-refractivity contribution in [2.75, 3.05) is 19.0 Å². The van der Waals surface area contributed by atoms with Gasteiger partial charge in [0.15, 0.2) is 0 Å². The molecule has 1 N–H and O–H groups in total. The number of amides is 1. The van der Waals surface area contributed by atoms with Crippen molar-refractivity contribution < 1.29 is 17.9 Å². The normalized spacial score (nSPS) is 18.4. The Kier molecular flexibility index (Phi) is 5.53. The van der Waals surface area contributed by atoms with Gasteiger partial charge in [0.2, 0.25) is 5.91 Å². The summed E-state index contributed by atoms with van der Waals surface area (Å²) >= 11 is 1.17. The third-order valence-corrected chi connectivity index (χ3v) is 7.38. The van der Waals surface area contributed by atoms with E-state index in [-0.39, 0.29) is 10.1 Å². The molecule has 1 aliphatic heterocycles. The number of hydrogen-bond donors (Lipinski definition) is 1. The van der Waals surface area contributed by atoms with Gasteiger partial charge in [-0.05, 0) is 42.0 Å². The predicted octanol–water partition coefficient (Wildman–Crippen LogP) is 2.69. The monoisotopic (exact) mass is 380 g/mol. The van der Waals surface area contributed by atoms with E-state index >= 15 is 0 Å². The molecule has 0 unspecified atom stereocenters. The Morgan fingerprint density at radius 2 is 2.08 bits per heavy atom. The van der Waals surface area contributed by atoms with Crippen LogP contribution in [0.1, 0.15) is 18.4 Å². The van der Waals surface area contributed by atoms with E-state index in [4.69, 9.17) is 4.74 Å². The lowest BCUT2D eigenvalue weighted by atomic mass is 10.2. The maximum absolute atomic E-state index is 12.7. The van der Waals surface area contributed by atoms with Crippen molar-refractivity contribution in [1.29, 1.82) is 0 Å². The Morgan fingerprint density at radius 1 is 1.32 bits per heavy atom. The lowest BCUT2D eigenvalue weighted by molar-refractivity contribution is -0.119. The van der Waals surface area contributed by atoms with Gasteiger partial charge in [0.05, 0.1) is 6.61 Å². The summed E-state index contributed by atoms with van der Waals surface area (Å²) in [5.41, 5.74) is 1.65. The molecule has 2 heterocycles. The Bertz CT molecular complexity index is 817. The van der Waals surface area contributed by atoms with Crippen LogP contribution in [0, 0.1) is 0 Å². The van der Waals surface area contributed by atoms with Crippen LogP contribution in [0.2, 0.25) is 0 Å². The van der Waals surface area contributed by atoms with Gasteiger partial charge >= 0.3 is 0 Å². The molecule has 1 aromatic carbocycles. The highest BCUT2D eigenvalue weighted by atomic mass is 32.2. The van der Waals surface area contributed by atoms with E-state index in [0.29, 0.717) is 31.7 Å². The smallest absolute Gasteiger partial charge is 0.253 e. The van der Waals surface area contributed by atoms with E-state index in [9.17, 15) is 13.2 Å². The minimum atomic E-state index is -3.62. The van der Waals surface area contributed by atoms with Crippen LogP contribution in [0.4, 0.5) is 5.69 Å². The van der Waals surface area contributed by atoms with Gasteiger partial charge in [0, 0.05) is 19.3 Å². The van der Waals surface area contributed by atoms with E-state index in [2.05, 4.69) is 5.32 Å². The molecule has 1 saturated heterocycles. The molecule has 2 aromatic rings. The van der Waals surface area contributed by atoms with Crippen LogP contribution < -0.4 is 5.32 Å². The summed E-state index contributed by atoms with van der Waals surface area (Å²) in [5, 5.41) is 4.54. The predicted molar refractivity (Wildman–Crippen MR) is 97.0 cm³/mol. The first-order valence-corrected chi connectivity index (χ1v) is 10.3. The quantitative estimate of drug-likeness (QED) is 0.836. The number of nitrogens with one attached hydrogen (secondary N) is 1.